The van der Waals surface area contributed by atoms with Crippen LogP contribution in [0.5, 0.6) is 0 Å². The van der Waals surface area contributed by atoms with Gasteiger partial charge in [-0.05, 0) is 32.2 Å². The highest BCUT2D eigenvalue weighted by Crippen LogP contribution is 2.36. The third-order valence-electron chi connectivity index (χ3n) is 2.13. The molecule has 0 heterocycles. The standard InChI is InChI=1S/C11H14F3NS/c1-8(2)15(11(12,13)14)9-6-4-5-7-10(9)16-3/h4-8H,1-3H3. The van der Waals surface area contributed by atoms with Gasteiger partial charge in [0, 0.05) is 10.9 Å². The fourth-order valence-corrected chi connectivity index (χ4v) is 2.13. The van der Waals surface area contributed by atoms with Gasteiger partial charge in [-0.3, -0.25) is 4.90 Å². The van der Waals surface area contributed by atoms with Crippen molar-refractivity contribution < 1.29 is 13.2 Å². The summed E-state index contributed by atoms with van der Waals surface area (Å²) in [6.07, 6.45) is -2.58. The third kappa shape index (κ3) is 2.84. The van der Waals surface area contributed by atoms with Gasteiger partial charge in [-0.15, -0.1) is 11.8 Å². The zero-order valence-electron chi connectivity index (χ0n) is 9.38. The average Bonchev–Trinajstić information content (AvgIpc) is 2.15. The van der Waals surface area contributed by atoms with Crippen molar-refractivity contribution in [3.05, 3.63) is 24.3 Å². The molecule has 1 aromatic rings. The molecular formula is C11H14F3NS. The van der Waals surface area contributed by atoms with E-state index in [-0.39, 0.29) is 5.69 Å². The first-order valence-corrected chi connectivity index (χ1v) is 6.09. The van der Waals surface area contributed by atoms with Crippen molar-refractivity contribution in [1.82, 2.24) is 0 Å². The Bertz CT molecular complexity index is 349. The second-order valence-corrected chi connectivity index (χ2v) is 4.45. The van der Waals surface area contributed by atoms with Crippen molar-refractivity contribution in [3.63, 3.8) is 0 Å². The number of halogens is 3. The zero-order chi connectivity index (χ0) is 12.3. The maximum Gasteiger partial charge on any atom is 0.485 e. The molecule has 0 radical (unpaired) electrons. The summed E-state index contributed by atoms with van der Waals surface area (Å²) < 4.78 is 38.7. The maximum absolute atomic E-state index is 12.9. The number of hydrogen-bond acceptors (Lipinski definition) is 2. The summed E-state index contributed by atoms with van der Waals surface area (Å²) in [7, 11) is 0. The summed E-state index contributed by atoms with van der Waals surface area (Å²) >= 11 is 1.32. The largest absolute Gasteiger partial charge is 0.485 e. The molecule has 5 heteroatoms. The van der Waals surface area contributed by atoms with E-state index in [1.807, 2.05) is 0 Å². The maximum atomic E-state index is 12.9. The molecule has 0 fully saturated rings. The molecule has 0 atom stereocenters. The number of thioether (sulfide) groups is 1. The van der Waals surface area contributed by atoms with E-state index < -0.39 is 12.3 Å². The molecule has 0 spiro atoms. The van der Waals surface area contributed by atoms with Gasteiger partial charge in [0.2, 0.25) is 0 Å². The monoisotopic (exact) mass is 249 g/mol. The van der Waals surface area contributed by atoms with E-state index >= 15 is 0 Å². The number of alkyl halides is 3. The van der Waals surface area contributed by atoms with Gasteiger partial charge in [0.25, 0.3) is 0 Å². The van der Waals surface area contributed by atoms with Crippen LogP contribution in [0.1, 0.15) is 13.8 Å². The van der Waals surface area contributed by atoms with Crippen molar-refractivity contribution in [1.29, 1.82) is 0 Å². The van der Waals surface area contributed by atoms with Crippen LogP contribution in [-0.2, 0) is 0 Å². The Hall–Kier alpha value is -0.840. The third-order valence-corrected chi connectivity index (χ3v) is 2.92. The number of benzene rings is 1. The SMILES string of the molecule is CSc1ccccc1N(C(C)C)C(F)(F)F. The molecule has 90 valence electrons. The first-order valence-electron chi connectivity index (χ1n) is 4.87. The lowest BCUT2D eigenvalue weighted by Crippen LogP contribution is -2.43. The normalized spacial score (nSPS) is 11.9. The second-order valence-electron chi connectivity index (χ2n) is 3.60. The van der Waals surface area contributed by atoms with Gasteiger partial charge in [-0.1, -0.05) is 12.1 Å². The summed E-state index contributed by atoms with van der Waals surface area (Å²) in [5.74, 6) is 0. The van der Waals surface area contributed by atoms with Crippen LogP contribution in [-0.4, -0.2) is 18.6 Å². The van der Waals surface area contributed by atoms with Crippen LogP contribution in [0.2, 0.25) is 0 Å². The summed E-state index contributed by atoms with van der Waals surface area (Å²) in [5.41, 5.74) is 0.220. The number of rotatable bonds is 3. The van der Waals surface area contributed by atoms with Gasteiger partial charge in [0.05, 0.1) is 5.69 Å². The number of para-hydroxylation sites is 1. The van der Waals surface area contributed by atoms with Gasteiger partial charge < -0.3 is 0 Å². The van der Waals surface area contributed by atoms with Crippen LogP contribution in [0, 0.1) is 0 Å². The van der Waals surface area contributed by atoms with E-state index in [0.29, 0.717) is 9.80 Å². The van der Waals surface area contributed by atoms with Gasteiger partial charge in [-0.25, -0.2) is 0 Å². The lowest BCUT2D eigenvalue weighted by atomic mass is 10.2. The van der Waals surface area contributed by atoms with E-state index in [0.717, 1.165) is 0 Å². The lowest BCUT2D eigenvalue weighted by Gasteiger charge is -2.32. The van der Waals surface area contributed by atoms with E-state index in [9.17, 15) is 13.2 Å². The predicted octanol–water partition coefficient (Wildman–Crippen LogP) is 4.14. The smallest absolute Gasteiger partial charge is 0.280 e. The number of hydrogen-bond donors (Lipinski definition) is 0. The molecule has 1 aromatic carbocycles. The van der Waals surface area contributed by atoms with Crippen LogP contribution in [0.3, 0.4) is 0 Å². The van der Waals surface area contributed by atoms with Gasteiger partial charge in [0.1, 0.15) is 0 Å². The molecule has 16 heavy (non-hydrogen) atoms. The highest BCUT2D eigenvalue weighted by atomic mass is 32.2. The summed E-state index contributed by atoms with van der Waals surface area (Å²) in [5, 5.41) is 0. The van der Waals surface area contributed by atoms with Gasteiger partial charge in [0.15, 0.2) is 0 Å². The van der Waals surface area contributed by atoms with E-state index in [4.69, 9.17) is 0 Å². The highest BCUT2D eigenvalue weighted by molar-refractivity contribution is 7.98. The Labute approximate surface area is 97.6 Å². The van der Waals surface area contributed by atoms with E-state index in [1.54, 1.807) is 24.5 Å². The molecule has 1 rings (SSSR count). The molecule has 0 aliphatic heterocycles. The Morgan fingerprint density at radius 2 is 1.75 bits per heavy atom. The van der Waals surface area contributed by atoms with Crippen molar-refractivity contribution in [2.45, 2.75) is 31.1 Å². The molecule has 0 aromatic heterocycles. The van der Waals surface area contributed by atoms with Crippen LogP contribution < -0.4 is 4.90 Å². The van der Waals surface area contributed by atoms with Crippen molar-refractivity contribution >= 4 is 17.4 Å². The Morgan fingerprint density at radius 1 is 1.19 bits per heavy atom. The minimum Gasteiger partial charge on any atom is -0.280 e. The van der Waals surface area contributed by atoms with Crippen molar-refractivity contribution in [2.75, 3.05) is 11.2 Å². The molecule has 0 amide bonds. The lowest BCUT2D eigenvalue weighted by molar-refractivity contribution is -0.133. The molecule has 0 bridgehead atoms. The molecule has 0 unspecified atom stereocenters. The molecule has 0 saturated carbocycles. The topological polar surface area (TPSA) is 3.24 Å². The van der Waals surface area contributed by atoms with Gasteiger partial charge in [-0.2, -0.15) is 13.2 Å². The first-order chi connectivity index (χ1) is 7.38. The van der Waals surface area contributed by atoms with Crippen LogP contribution in [0.25, 0.3) is 0 Å². The van der Waals surface area contributed by atoms with Crippen LogP contribution in [0.4, 0.5) is 18.9 Å². The fourth-order valence-electron chi connectivity index (χ4n) is 1.54. The summed E-state index contributed by atoms with van der Waals surface area (Å²) in [6, 6.07) is 5.94. The summed E-state index contributed by atoms with van der Waals surface area (Å²) in [4.78, 5) is 1.12. The minimum atomic E-state index is -4.35. The molecule has 0 aliphatic carbocycles. The van der Waals surface area contributed by atoms with Crippen molar-refractivity contribution in [3.8, 4) is 0 Å². The highest BCUT2D eigenvalue weighted by Gasteiger charge is 2.40. The van der Waals surface area contributed by atoms with Gasteiger partial charge >= 0.3 is 6.30 Å². The first kappa shape index (κ1) is 13.2. The molecule has 0 aliphatic rings. The van der Waals surface area contributed by atoms with E-state index in [2.05, 4.69) is 0 Å². The van der Waals surface area contributed by atoms with Crippen LogP contribution in [0.15, 0.2) is 29.2 Å². The quantitative estimate of drug-likeness (QED) is 0.585. The Morgan fingerprint density at radius 3 is 2.19 bits per heavy atom. The molecular weight excluding hydrogens is 235 g/mol. The zero-order valence-corrected chi connectivity index (χ0v) is 10.2. The van der Waals surface area contributed by atoms with Crippen molar-refractivity contribution in [2.24, 2.45) is 0 Å². The van der Waals surface area contributed by atoms with Crippen LogP contribution >= 0.6 is 11.8 Å². The Kier molecular flexibility index (Phi) is 4.13. The number of nitrogens with zero attached hydrogens (tertiary/aromatic N) is 1. The minimum absolute atomic E-state index is 0.220. The second kappa shape index (κ2) is 4.99. The molecule has 0 N–H and O–H groups in total. The van der Waals surface area contributed by atoms with E-state index in [1.165, 1.54) is 31.7 Å². The molecule has 1 nitrogen and oxygen atoms in total. The number of anilines is 1. The summed E-state index contributed by atoms with van der Waals surface area (Å²) in [6.45, 7) is 3.06. The Balaban J connectivity index is 3.21. The molecule has 0 saturated heterocycles. The fraction of sp³-hybridized carbons (Fsp3) is 0.455. The average molecular weight is 249 g/mol. The predicted molar refractivity (Wildman–Crippen MR) is 61.9 cm³/mol.